The molecule has 0 saturated carbocycles. The highest BCUT2D eigenvalue weighted by Gasteiger charge is 2.30. The van der Waals surface area contributed by atoms with Crippen LogP contribution in [0.2, 0.25) is 0 Å². The highest BCUT2D eigenvalue weighted by Crippen LogP contribution is 2.32. The summed E-state index contributed by atoms with van der Waals surface area (Å²) in [6.45, 7) is 5.74. The van der Waals surface area contributed by atoms with Gasteiger partial charge in [-0.2, -0.15) is 0 Å². The second kappa shape index (κ2) is 11.3. The number of ether oxygens (including phenoxy) is 2. The number of para-hydroxylation sites is 1. The second-order valence-electron chi connectivity index (χ2n) is 7.84. The van der Waals surface area contributed by atoms with Crippen LogP contribution in [0.15, 0.2) is 28.7 Å². The van der Waals surface area contributed by atoms with Gasteiger partial charge < -0.3 is 29.0 Å². The lowest BCUT2D eigenvalue weighted by Gasteiger charge is -2.36. The van der Waals surface area contributed by atoms with Gasteiger partial charge in [-0.05, 0) is 45.4 Å². The fourth-order valence-electron chi connectivity index (χ4n) is 4.02. The van der Waals surface area contributed by atoms with E-state index in [9.17, 15) is 9.59 Å². The number of hydrogen-bond acceptors (Lipinski definition) is 6. The fourth-order valence-corrected chi connectivity index (χ4v) is 4.02. The Morgan fingerprint density at radius 1 is 1.26 bits per heavy atom. The predicted molar refractivity (Wildman–Crippen MR) is 119 cm³/mol. The summed E-state index contributed by atoms with van der Waals surface area (Å²) in [6.07, 6.45) is 2.82. The molecular weight excluding hydrogens is 398 g/mol. The lowest BCUT2D eigenvalue weighted by Crippen LogP contribution is -2.46. The molecule has 1 N–H and O–H groups in total. The lowest BCUT2D eigenvalue weighted by molar-refractivity contribution is -0.119. The topological polar surface area (TPSA) is 84.3 Å². The molecule has 1 fully saturated rings. The molecule has 0 radical (unpaired) electrons. The van der Waals surface area contributed by atoms with Crippen LogP contribution in [0.3, 0.4) is 0 Å². The molecule has 0 unspecified atom stereocenters. The molecule has 8 heteroatoms. The van der Waals surface area contributed by atoms with Crippen LogP contribution in [0.4, 0.5) is 5.69 Å². The van der Waals surface area contributed by atoms with Crippen molar-refractivity contribution in [1.82, 2.24) is 9.80 Å². The fraction of sp³-hybridized carbons (Fsp3) is 0.565. The number of carbonyl (C=O) groups is 2. The van der Waals surface area contributed by atoms with Crippen molar-refractivity contribution < 1.29 is 23.5 Å². The quantitative estimate of drug-likeness (QED) is 0.582. The predicted octanol–water partition coefficient (Wildman–Crippen LogP) is 2.98. The molecule has 1 aromatic heterocycles. The summed E-state index contributed by atoms with van der Waals surface area (Å²) in [7, 11) is 3.59. The van der Waals surface area contributed by atoms with Gasteiger partial charge in [0, 0.05) is 51.4 Å². The molecule has 0 atom stereocenters. The number of amides is 2. The summed E-state index contributed by atoms with van der Waals surface area (Å²) >= 11 is 0. The number of rotatable bonds is 10. The van der Waals surface area contributed by atoms with Crippen molar-refractivity contribution in [3.63, 3.8) is 0 Å². The Kier molecular flexibility index (Phi) is 8.45. The van der Waals surface area contributed by atoms with Gasteiger partial charge in [0.05, 0.1) is 0 Å². The average Bonchev–Trinajstić information content (AvgIpc) is 3.14. The maximum absolute atomic E-state index is 13.3. The average molecular weight is 432 g/mol. The number of fused-ring (bicyclic) bond motifs is 1. The van der Waals surface area contributed by atoms with Crippen LogP contribution in [0.5, 0.6) is 0 Å². The smallest absolute Gasteiger partial charge is 0.291 e. The molecule has 8 nitrogen and oxygen atoms in total. The molecule has 170 valence electrons. The Bertz CT molecular complexity index is 873. The van der Waals surface area contributed by atoms with Crippen molar-refractivity contribution in [2.24, 2.45) is 0 Å². The molecule has 3 rings (SSSR count). The Labute approximate surface area is 183 Å². The van der Waals surface area contributed by atoms with E-state index in [2.05, 4.69) is 17.3 Å². The zero-order chi connectivity index (χ0) is 22.2. The van der Waals surface area contributed by atoms with E-state index >= 15 is 0 Å². The molecule has 0 spiro atoms. The van der Waals surface area contributed by atoms with E-state index < -0.39 is 0 Å². The monoisotopic (exact) mass is 431 g/mol. The van der Waals surface area contributed by atoms with Gasteiger partial charge >= 0.3 is 0 Å². The van der Waals surface area contributed by atoms with Gasteiger partial charge in [0.15, 0.2) is 0 Å². The first-order valence-corrected chi connectivity index (χ1v) is 10.9. The molecule has 1 saturated heterocycles. The number of piperidine rings is 1. The summed E-state index contributed by atoms with van der Waals surface area (Å²) in [5.41, 5.74) is 0.986. The van der Waals surface area contributed by atoms with Crippen molar-refractivity contribution in [3.8, 4) is 0 Å². The maximum Gasteiger partial charge on any atom is 0.291 e. The Morgan fingerprint density at radius 3 is 2.71 bits per heavy atom. The van der Waals surface area contributed by atoms with Gasteiger partial charge in [-0.3, -0.25) is 9.59 Å². The SMILES string of the molecule is CCOCCCN(C)C1CCN(C(=O)c2oc3ccccc3c2NC(=O)COC)CC1. The van der Waals surface area contributed by atoms with Crippen molar-refractivity contribution in [1.29, 1.82) is 0 Å². The van der Waals surface area contributed by atoms with Gasteiger partial charge in [0.1, 0.15) is 17.9 Å². The normalized spacial score (nSPS) is 15.0. The van der Waals surface area contributed by atoms with Crippen molar-refractivity contribution >= 4 is 28.5 Å². The van der Waals surface area contributed by atoms with E-state index in [1.54, 1.807) is 6.07 Å². The maximum atomic E-state index is 13.3. The number of nitrogens with one attached hydrogen (secondary N) is 1. The number of nitrogens with zero attached hydrogens (tertiary/aromatic N) is 2. The number of methoxy groups -OCH3 is 1. The molecule has 1 aliphatic rings. The minimum absolute atomic E-state index is 0.0891. The first-order valence-electron chi connectivity index (χ1n) is 10.9. The van der Waals surface area contributed by atoms with Crippen LogP contribution in [0.25, 0.3) is 11.0 Å². The highest BCUT2D eigenvalue weighted by atomic mass is 16.5. The van der Waals surface area contributed by atoms with Crippen molar-refractivity contribution in [2.75, 3.05) is 58.9 Å². The van der Waals surface area contributed by atoms with Crippen molar-refractivity contribution in [2.45, 2.75) is 32.2 Å². The van der Waals surface area contributed by atoms with Crippen LogP contribution in [-0.4, -0.2) is 81.3 Å². The number of carbonyl (C=O) groups excluding carboxylic acids is 2. The number of benzene rings is 1. The molecule has 2 heterocycles. The van der Waals surface area contributed by atoms with Crippen LogP contribution < -0.4 is 5.32 Å². The summed E-state index contributed by atoms with van der Waals surface area (Å²) in [5.74, 6) is -0.342. The van der Waals surface area contributed by atoms with Crippen LogP contribution in [0.1, 0.15) is 36.7 Å². The largest absolute Gasteiger partial charge is 0.449 e. The molecular formula is C23H33N3O5. The van der Waals surface area contributed by atoms with Crippen LogP contribution in [-0.2, 0) is 14.3 Å². The standard InChI is InChI=1S/C23H33N3O5/c1-4-30-15-7-12-25(2)17-10-13-26(14-11-17)23(28)22-21(24-20(27)16-29-3)18-8-5-6-9-19(18)31-22/h5-6,8-9,17H,4,7,10-16H2,1-3H3,(H,24,27). The first-order chi connectivity index (χ1) is 15.0. The third-order valence-electron chi connectivity index (χ3n) is 5.71. The zero-order valence-electron chi connectivity index (χ0n) is 18.7. The summed E-state index contributed by atoms with van der Waals surface area (Å²) in [6, 6.07) is 7.77. The van der Waals surface area contributed by atoms with Gasteiger partial charge in [-0.25, -0.2) is 0 Å². The molecule has 0 aliphatic carbocycles. The van der Waals surface area contributed by atoms with Gasteiger partial charge in [-0.15, -0.1) is 0 Å². The summed E-state index contributed by atoms with van der Waals surface area (Å²) in [4.78, 5) is 29.6. The minimum atomic E-state index is -0.324. The van der Waals surface area contributed by atoms with Crippen LogP contribution >= 0.6 is 0 Å². The molecule has 1 aliphatic heterocycles. The highest BCUT2D eigenvalue weighted by molar-refractivity contribution is 6.11. The second-order valence-corrected chi connectivity index (χ2v) is 7.84. The lowest BCUT2D eigenvalue weighted by atomic mass is 10.0. The third-order valence-corrected chi connectivity index (χ3v) is 5.71. The Hall–Kier alpha value is -2.42. The van der Waals surface area contributed by atoms with E-state index in [1.807, 2.05) is 30.0 Å². The number of likely N-dealkylation sites (tertiary alicyclic amines) is 1. The summed E-state index contributed by atoms with van der Waals surface area (Å²) in [5, 5.41) is 3.50. The number of anilines is 1. The van der Waals surface area contributed by atoms with Crippen molar-refractivity contribution in [3.05, 3.63) is 30.0 Å². The Morgan fingerprint density at radius 2 is 2.00 bits per heavy atom. The van der Waals surface area contributed by atoms with Crippen LogP contribution in [0, 0.1) is 0 Å². The van der Waals surface area contributed by atoms with E-state index in [1.165, 1.54) is 7.11 Å². The number of furan rings is 1. The molecule has 1 aromatic carbocycles. The molecule has 2 aromatic rings. The first kappa shape index (κ1) is 23.2. The molecule has 0 bridgehead atoms. The van der Waals surface area contributed by atoms with Gasteiger partial charge in [0.2, 0.25) is 11.7 Å². The van der Waals surface area contributed by atoms with E-state index in [4.69, 9.17) is 13.9 Å². The zero-order valence-corrected chi connectivity index (χ0v) is 18.7. The Balaban J connectivity index is 1.66. The minimum Gasteiger partial charge on any atom is -0.449 e. The van der Waals surface area contributed by atoms with E-state index in [-0.39, 0.29) is 24.2 Å². The molecule has 31 heavy (non-hydrogen) atoms. The third kappa shape index (κ3) is 5.84. The van der Waals surface area contributed by atoms with E-state index in [0.717, 1.165) is 39.0 Å². The van der Waals surface area contributed by atoms with Gasteiger partial charge in [-0.1, -0.05) is 12.1 Å². The summed E-state index contributed by atoms with van der Waals surface area (Å²) < 4.78 is 16.2. The molecule has 2 amide bonds. The van der Waals surface area contributed by atoms with Gasteiger partial charge in [0.25, 0.3) is 5.91 Å². The van der Waals surface area contributed by atoms with E-state index in [0.29, 0.717) is 35.8 Å². The number of hydrogen-bond donors (Lipinski definition) is 1.